The van der Waals surface area contributed by atoms with E-state index in [0.29, 0.717) is 50.8 Å². The first-order chi connectivity index (χ1) is 13.0. The Labute approximate surface area is 169 Å². The van der Waals surface area contributed by atoms with Crippen molar-refractivity contribution in [1.82, 2.24) is 13.3 Å². The van der Waals surface area contributed by atoms with E-state index in [4.69, 9.17) is 4.74 Å². The summed E-state index contributed by atoms with van der Waals surface area (Å²) >= 11 is 0. The summed E-state index contributed by atoms with van der Waals surface area (Å²) in [5, 5.41) is 0. The van der Waals surface area contributed by atoms with Crippen LogP contribution in [0.5, 0.6) is 5.75 Å². The van der Waals surface area contributed by atoms with Crippen LogP contribution in [0.3, 0.4) is 0 Å². The molecule has 0 bridgehead atoms. The topological polar surface area (TPSA) is 96.0 Å². The van der Waals surface area contributed by atoms with Gasteiger partial charge in [0.25, 0.3) is 10.2 Å². The first kappa shape index (κ1) is 23.1. The first-order valence-electron chi connectivity index (χ1n) is 9.42. The van der Waals surface area contributed by atoms with Crippen molar-refractivity contribution in [2.24, 2.45) is 11.8 Å². The van der Waals surface area contributed by atoms with Crippen LogP contribution in [-0.2, 0) is 20.2 Å². The average molecular weight is 434 g/mol. The van der Waals surface area contributed by atoms with Crippen LogP contribution < -0.4 is 9.46 Å². The fourth-order valence-electron chi connectivity index (χ4n) is 2.86. The molecular formula is C18H31N3O5S2. The van der Waals surface area contributed by atoms with E-state index in [-0.39, 0.29) is 10.8 Å². The van der Waals surface area contributed by atoms with Crippen LogP contribution in [0.25, 0.3) is 0 Å². The fourth-order valence-corrected chi connectivity index (χ4v) is 5.11. The Balaban J connectivity index is 1.87. The van der Waals surface area contributed by atoms with Crippen LogP contribution in [-0.4, -0.2) is 65.8 Å². The first-order valence-corrected chi connectivity index (χ1v) is 12.3. The van der Waals surface area contributed by atoms with Crippen molar-refractivity contribution in [2.45, 2.75) is 31.6 Å². The van der Waals surface area contributed by atoms with Gasteiger partial charge in [0.05, 0.1) is 11.5 Å². The molecule has 1 saturated heterocycles. The maximum atomic E-state index is 12.5. The van der Waals surface area contributed by atoms with Gasteiger partial charge in [-0.1, -0.05) is 13.8 Å². The highest BCUT2D eigenvalue weighted by atomic mass is 32.2. The number of hydrogen-bond acceptors (Lipinski definition) is 5. The molecule has 8 nitrogen and oxygen atoms in total. The zero-order valence-electron chi connectivity index (χ0n) is 17.0. The normalized spacial score (nSPS) is 17.4. The van der Waals surface area contributed by atoms with Gasteiger partial charge in [0, 0.05) is 33.7 Å². The van der Waals surface area contributed by atoms with Crippen LogP contribution in [0.2, 0.25) is 0 Å². The molecule has 0 unspecified atom stereocenters. The predicted octanol–water partition coefficient (Wildman–Crippen LogP) is 1.52. The molecule has 1 fully saturated rings. The Kier molecular flexibility index (Phi) is 7.86. The molecule has 0 radical (unpaired) electrons. The van der Waals surface area contributed by atoms with E-state index >= 15 is 0 Å². The van der Waals surface area contributed by atoms with Crippen molar-refractivity contribution in [1.29, 1.82) is 0 Å². The summed E-state index contributed by atoms with van der Waals surface area (Å²) in [5.41, 5.74) is 0. The van der Waals surface area contributed by atoms with Crippen molar-refractivity contribution in [3.63, 3.8) is 0 Å². The van der Waals surface area contributed by atoms with Gasteiger partial charge in [-0.2, -0.15) is 17.0 Å². The monoisotopic (exact) mass is 433 g/mol. The molecule has 160 valence electrons. The van der Waals surface area contributed by atoms with Crippen LogP contribution in [0.4, 0.5) is 0 Å². The van der Waals surface area contributed by atoms with Gasteiger partial charge in [0.1, 0.15) is 5.75 Å². The van der Waals surface area contributed by atoms with E-state index in [9.17, 15) is 16.8 Å². The molecule has 1 aromatic carbocycles. The average Bonchev–Trinajstić information content (AvgIpc) is 2.65. The molecule has 0 saturated carbocycles. The van der Waals surface area contributed by atoms with Crippen molar-refractivity contribution < 1.29 is 21.6 Å². The minimum Gasteiger partial charge on any atom is -0.493 e. The Hall–Kier alpha value is -1.20. The third-order valence-electron chi connectivity index (χ3n) is 4.64. The summed E-state index contributed by atoms with van der Waals surface area (Å²) in [6.07, 6.45) is 1.25. The molecule has 0 amide bonds. The van der Waals surface area contributed by atoms with E-state index in [1.807, 2.05) is 13.8 Å². The third-order valence-corrected chi connectivity index (χ3v) is 8.02. The Morgan fingerprint density at radius 1 is 1.11 bits per heavy atom. The number of benzene rings is 1. The number of nitrogens with zero attached hydrogens (tertiary/aromatic N) is 2. The Bertz CT molecular complexity index is 828. The zero-order chi connectivity index (χ0) is 20.9. The van der Waals surface area contributed by atoms with Crippen LogP contribution in [0.1, 0.15) is 26.7 Å². The lowest BCUT2D eigenvalue weighted by molar-refractivity contribution is 0.263. The lowest BCUT2D eigenvalue weighted by atomic mass is 9.99. The summed E-state index contributed by atoms with van der Waals surface area (Å²) in [6.45, 7) is 5.76. The molecule has 1 aliphatic heterocycles. The van der Waals surface area contributed by atoms with Crippen molar-refractivity contribution in [3.05, 3.63) is 24.3 Å². The minimum atomic E-state index is -3.61. The number of piperidine rings is 1. The maximum Gasteiger partial charge on any atom is 0.281 e. The van der Waals surface area contributed by atoms with Gasteiger partial charge in [0.2, 0.25) is 10.0 Å². The molecule has 2 rings (SSSR count). The van der Waals surface area contributed by atoms with Gasteiger partial charge in [-0.05, 0) is 48.9 Å². The second-order valence-electron chi connectivity index (χ2n) is 7.66. The van der Waals surface area contributed by atoms with Gasteiger partial charge < -0.3 is 4.74 Å². The van der Waals surface area contributed by atoms with Crippen molar-refractivity contribution in [3.8, 4) is 5.75 Å². The highest BCUT2D eigenvalue weighted by Gasteiger charge is 2.30. The van der Waals surface area contributed by atoms with Crippen LogP contribution in [0, 0.1) is 11.8 Å². The Morgan fingerprint density at radius 3 is 2.18 bits per heavy atom. The van der Waals surface area contributed by atoms with Crippen molar-refractivity contribution >= 4 is 20.2 Å². The second kappa shape index (κ2) is 9.53. The van der Waals surface area contributed by atoms with Crippen LogP contribution in [0.15, 0.2) is 29.2 Å². The number of ether oxygens (including phenoxy) is 1. The van der Waals surface area contributed by atoms with E-state index in [0.717, 1.165) is 0 Å². The fraction of sp³-hybridized carbons (Fsp3) is 0.667. The molecule has 10 heteroatoms. The summed E-state index contributed by atoms with van der Waals surface area (Å²) in [7, 11) is -4.00. The third kappa shape index (κ3) is 6.15. The lowest BCUT2D eigenvalue weighted by Gasteiger charge is -2.32. The van der Waals surface area contributed by atoms with Gasteiger partial charge >= 0.3 is 0 Å². The molecule has 0 atom stereocenters. The molecule has 1 aliphatic rings. The quantitative estimate of drug-likeness (QED) is 0.637. The largest absolute Gasteiger partial charge is 0.493 e. The molecule has 0 aromatic heterocycles. The SMILES string of the molecule is CC(C)COc1ccc(S(=O)(=O)NCC2CCN(S(=O)(=O)N(C)C)CC2)cc1. The summed E-state index contributed by atoms with van der Waals surface area (Å²) in [6, 6.07) is 6.37. The minimum absolute atomic E-state index is 0.108. The molecule has 0 spiro atoms. The highest BCUT2D eigenvalue weighted by Crippen LogP contribution is 2.21. The van der Waals surface area contributed by atoms with Gasteiger partial charge in [0.15, 0.2) is 0 Å². The van der Waals surface area contributed by atoms with E-state index in [2.05, 4.69) is 4.72 Å². The molecule has 1 N–H and O–H groups in total. The summed E-state index contributed by atoms with van der Waals surface area (Å²) in [4.78, 5) is 0.192. The number of hydrogen-bond donors (Lipinski definition) is 1. The predicted molar refractivity (Wildman–Crippen MR) is 109 cm³/mol. The summed E-state index contributed by atoms with van der Waals surface area (Å²) in [5.74, 6) is 1.14. The highest BCUT2D eigenvalue weighted by molar-refractivity contribution is 7.89. The van der Waals surface area contributed by atoms with Gasteiger partial charge in [-0.3, -0.25) is 0 Å². The van der Waals surface area contributed by atoms with Gasteiger partial charge in [-0.15, -0.1) is 0 Å². The van der Waals surface area contributed by atoms with Gasteiger partial charge in [-0.25, -0.2) is 13.1 Å². The smallest absolute Gasteiger partial charge is 0.281 e. The number of sulfonamides is 1. The standard InChI is InChI=1S/C18H31N3O5S2/c1-15(2)14-26-17-5-7-18(8-6-17)27(22,23)19-13-16-9-11-21(12-10-16)28(24,25)20(3)4/h5-8,15-16,19H,9-14H2,1-4H3. The lowest BCUT2D eigenvalue weighted by Crippen LogP contribution is -2.45. The molecule has 1 aromatic rings. The molecule has 28 heavy (non-hydrogen) atoms. The molecular weight excluding hydrogens is 402 g/mol. The van der Waals surface area contributed by atoms with E-state index < -0.39 is 20.2 Å². The second-order valence-corrected chi connectivity index (χ2v) is 11.6. The number of rotatable bonds is 9. The number of nitrogens with one attached hydrogen (secondary N) is 1. The summed E-state index contributed by atoms with van der Waals surface area (Å²) < 4.78 is 60.1. The maximum absolute atomic E-state index is 12.5. The van der Waals surface area contributed by atoms with Crippen molar-refractivity contribution in [2.75, 3.05) is 40.3 Å². The van der Waals surface area contributed by atoms with Crippen LogP contribution >= 0.6 is 0 Å². The van der Waals surface area contributed by atoms with E-state index in [1.54, 1.807) is 12.1 Å². The molecule has 1 heterocycles. The zero-order valence-corrected chi connectivity index (χ0v) is 18.6. The Morgan fingerprint density at radius 2 is 1.68 bits per heavy atom. The molecule has 0 aliphatic carbocycles. The van der Waals surface area contributed by atoms with E-state index in [1.165, 1.54) is 34.8 Å².